The van der Waals surface area contributed by atoms with Crippen LogP contribution in [-0.2, 0) is 6.54 Å². The van der Waals surface area contributed by atoms with Crippen LogP contribution in [0.1, 0.15) is 5.56 Å². The maximum Gasteiger partial charge on any atom is 0.238 e. The molecular formula is C54H37N7O. The molecule has 4 aromatic heterocycles. The van der Waals surface area contributed by atoms with E-state index in [1.807, 2.05) is 98.0 Å². The van der Waals surface area contributed by atoms with Crippen LogP contribution in [-0.4, -0.2) is 36.1 Å². The van der Waals surface area contributed by atoms with Crippen LogP contribution in [0.4, 0.5) is 0 Å². The molecule has 0 fully saturated rings. The van der Waals surface area contributed by atoms with Crippen LogP contribution in [0.15, 0.2) is 192 Å². The van der Waals surface area contributed by atoms with Crippen LogP contribution in [0, 0.1) is 0 Å². The molecule has 12 rings (SSSR count). The lowest BCUT2D eigenvalue weighted by Gasteiger charge is -2.14. The molecule has 0 unspecified atom stereocenters. The number of para-hydroxylation sites is 2. The van der Waals surface area contributed by atoms with E-state index in [1.54, 1.807) is 0 Å². The van der Waals surface area contributed by atoms with E-state index in [9.17, 15) is 0 Å². The van der Waals surface area contributed by atoms with Crippen molar-refractivity contribution in [3.63, 3.8) is 0 Å². The van der Waals surface area contributed by atoms with Crippen molar-refractivity contribution in [3.8, 4) is 57.0 Å². The Labute approximate surface area is 356 Å². The third kappa shape index (κ3) is 5.88. The molecule has 0 amide bonds. The van der Waals surface area contributed by atoms with Crippen LogP contribution in [0.2, 0.25) is 0 Å². The van der Waals surface area contributed by atoms with Gasteiger partial charge in [0.1, 0.15) is 5.52 Å². The third-order valence-corrected chi connectivity index (χ3v) is 11.7. The zero-order valence-electron chi connectivity index (χ0n) is 33.7. The van der Waals surface area contributed by atoms with Crippen LogP contribution in [0.5, 0.6) is 0 Å². The molecular weight excluding hydrogens is 763 g/mol. The Balaban J connectivity index is 1.15. The van der Waals surface area contributed by atoms with Crippen LogP contribution < -0.4 is 5.32 Å². The Bertz CT molecular complexity index is 3570. The summed E-state index contributed by atoms with van der Waals surface area (Å²) in [5.74, 6) is 2.37. The summed E-state index contributed by atoms with van der Waals surface area (Å²) in [7, 11) is 1.99. The topological polar surface area (TPSA) is 86.6 Å². The van der Waals surface area contributed by atoms with Gasteiger partial charge in [-0.1, -0.05) is 121 Å². The van der Waals surface area contributed by atoms with Crippen molar-refractivity contribution < 1.29 is 4.42 Å². The summed E-state index contributed by atoms with van der Waals surface area (Å²) >= 11 is 0. The zero-order chi connectivity index (χ0) is 41.1. The van der Waals surface area contributed by atoms with E-state index in [0.717, 1.165) is 88.2 Å². The maximum atomic E-state index is 6.47. The molecule has 0 bridgehead atoms. The number of oxazole rings is 1. The standard InChI is InChI=1S/C54H37N7O/c1-55-33-34-28-41(38-26-27-47-42(30-38)43-31-49-45(56-53(62-49)37-20-10-4-11-21-37)32-48(43)60(47)39-22-12-5-13-23-39)50-44(29-34)40-24-14-15-25-46(40)61(50)54-58-51(35-16-6-2-7-17-35)57-52(59-54)36-18-8-3-9-19-36/h2-32,55H,33H2,1H3. The number of fused-ring (bicyclic) bond motifs is 7. The van der Waals surface area contributed by atoms with Gasteiger partial charge in [-0.2, -0.15) is 9.97 Å². The Morgan fingerprint density at radius 3 is 1.77 bits per heavy atom. The number of nitrogens with one attached hydrogen (secondary N) is 1. The second-order valence-electron chi connectivity index (χ2n) is 15.6. The number of hydrogen-bond donors (Lipinski definition) is 1. The first kappa shape index (κ1) is 35.7. The largest absolute Gasteiger partial charge is 0.436 e. The highest BCUT2D eigenvalue weighted by molar-refractivity contribution is 6.17. The van der Waals surface area contributed by atoms with Gasteiger partial charge in [-0.15, -0.1) is 0 Å². The second kappa shape index (κ2) is 14.5. The molecule has 294 valence electrons. The first-order valence-electron chi connectivity index (χ1n) is 20.8. The van der Waals surface area contributed by atoms with Crippen molar-refractivity contribution in [2.45, 2.75) is 6.54 Å². The average molecular weight is 800 g/mol. The number of rotatable bonds is 8. The highest BCUT2D eigenvalue weighted by atomic mass is 16.3. The SMILES string of the molecule is CNCc1cc(-c2ccc3c(c2)c2cc4oc(-c5ccccc5)nc4cc2n3-c2ccccc2)c2c(c1)c1ccccc1n2-c1nc(-c2ccccc2)nc(-c2ccccc2)n1. The zero-order valence-corrected chi connectivity index (χ0v) is 33.7. The first-order valence-corrected chi connectivity index (χ1v) is 20.8. The molecule has 0 saturated heterocycles. The quantitative estimate of drug-likeness (QED) is 0.165. The Morgan fingerprint density at radius 1 is 0.468 bits per heavy atom. The van der Waals surface area contributed by atoms with E-state index >= 15 is 0 Å². The van der Waals surface area contributed by atoms with Crippen molar-refractivity contribution >= 4 is 54.7 Å². The lowest BCUT2D eigenvalue weighted by molar-refractivity contribution is 0.620. The molecule has 4 heterocycles. The van der Waals surface area contributed by atoms with Gasteiger partial charge >= 0.3 is 0 Å². The molecule has 8 heteroatoms. The number of benzene rings is 8. The van der Waals surface area contributed by atoms with E-state index in [4.69, 9.17) is 24.4 Å². The number of aromatic nitrogens is 6. The Morgan fingerprint density at radius 2 is 1.08 bits per heavy atom. The van der Waals surface area contributed by atoms with Crippen LogP contribution >= 0.6 is 0 Å². The van der Waals surface area contributed by atoms with Crippen LogP contribution in [0.3, 0.4) is 0 Å². The lowest BCUT2D eigenvalue weighted by Crippen LogP contribution is -2.08. The Hall–Kier alpha value is -8.20. The normalized spacial score (nSPS) is 11.8. The summed E-state index contributed by atoms with van der Waals surface area (Å²) in [5, 5.41) is 7.83. The van der Waals surface area contributed by atoms with Gasteiger partial charge in [0.25, 0.3) is 0 Å². The molecule has 0 radical (unpaired) electrons. The van der Waals surface area contributed by atoms with Crippen molar-refractivity contribution in [3.05, 3.63) is 194 Å². The summed E-state index contributed by atoms with van der Waals surface area (Å²) in [6.45, 7) is 0.702. The molecule has 0 spiro atoms. The van der Waals surface area contributed by atoms with Gasteiger partial charge in [-0.05, 0) is 84.9 Å². The van der Waals surface area contributed by atoms with E-state index in [-0.39, 0.29) is 0 Å². The highest BCUT2D eigenvalue weighted by Gasteiger charge is 2.23. The predicted molar refractivity (Wildman–Crippen MR) is 251 cm³/mol. The maximum absolute atomic E-state index is 6.47. The minimum atomic E-state index is 0.551. The molecule has 8 nitrogen and oxygen atoms in total. The number of nitrogens with zero attached hydrogens (tertiary/aromatic N) is 6. The van der Waals surface area contributed by atoms with Gasteiger partial charge in [0.2, 0.25) is 11.8 Å². The fraction of sp³-hybridized carbons (Fsp3) is 0.0370. The first-order chi connectivity index (χ1) is 30.7. The average Bonchev–Trinajstić information content (AvgIpc) is 4.01. The molecule has 0 aliphatic heterocycles. The van der Waals surface area contributed by atoms with Crippen molar-refractivity contribution in [1.82, 2.24) is 34.4 Å². The van der Waals surface area contributed by atoms with Gasteiger partial charge in [-0.25, -0.2) is 9.97 Å². The van der Waals surface area contributed by atoms with Crippen molar-refractivity contribution in [1.29, 1.82) is 0 Å². The molecule has 0 aliphatic carbocycles. The monoisotopic (exact) mass is 799 g/mol. The minimum Gasteiger partial charge on any atom is -0.436 e. The molecule has 0 aliphatic rings. The fourth-order valence-corrected chi connectivity index (χ4v) is 8.96. The predicted octanol–water partition coefficient (Wildman–Crippen LogP) is 12.6. The van der Waals surface area contributed by atoms with Gasteiger partial charge in [0, 0.05) is 56.0 Å². The molecule has 8 aromatic carbocycles. The van der Waals surface area contributed by atoms with Crippen molar-refractivity contribution in [2.75, 3.05) is 7.05 Å². The third-order valence-electron chi connectivity index (χ3n) is 11.7. The fourth-order valence-electron chi connectivity index (χ4n) is 8.96. The molecule has 12 aromatic rings. The van der Waals surface area contributed by atoms with Gasteiger partial charge in [0.15, 0.2) is 17.2 Å². The molecule has 0 atom stereocenters. The molecule has 0 saturated carbocycles. The van der Waals surface area contributed by atoms with E-state index in [1.165, 1.54) is 5.56 Å². The summed E-state index contributed by atoms with van der Waals surface area (Å²) in [6.07, 6.45) is 0. The molecule has 1 N–H and O–H groups in total. The van der Waals surface area contributed by atoms with Gasteiger partial charge < -0.3 is 14.3 Å². The Kier molecular flexibility index (Phi) is 8.36. The van der Waals surface area contributed by atoms with E-state index in [2.05, 4.69) is 112 Å². The van der Waals surface area contributed by atoms with Crippen LogP contribution in [0.25, 0.3) is 112 Å². The lowest BCUT2D eigenvalue weighted by atomic mass is 9.97. The smallest absolute Gasteiger partial charge is 0.238 e. The summed E-state index contributed by atoms with van der Waals surface area (Å²) in [4.78, 5) is 20.5. The highest BCUT2D eigenvalue weighted by Crippen LogP contribution is 2.42. The number of hydrogen-bond acceptors (Lipinski definition) is 6. The molecule has 62 heavy (non-hydrogen) atoms. The van der Waals surface area contributed by atoms with Gasteiger partial charge in [0.05, 0.1) is 22.1 Å². The van der Waals surface area contributed by atoms with Gasteiger partial charge in [-0.3, -0.25) is 4.57 Å². The summed E-state index contributed by atoms with van der Waals surface area (Å²) in [5.41, 5.74) is 12.9. The summed E-state index contributed by atoms with van der Waals surface area (Å²) in [6, 6.07) is 65.2. The second-order valence-corrected chi connectivity index (χ2v) is 15.6. The van der Waals surface area contributed by atoms with E-state index in [0.29, 0.717) is 30.0 Å². The summed E-state index contributed by atoms with van der Waals surface area (Å²) < 4.78 is 11.0. The minimum absolute atomic E-state index is 0.551. The van der Waals surface area contributed by atoms with Crippen molar-refractivity contribution in [2.24, 2.45) is 0 Å². The van der Waals surface area contributed by atoms with E-state index < -0.39 is 0 Å².